The van der Waals surface area contributed by atoms with Crippen LogP contribution in [0.25, 0.3) is 0 Å². The third-order valence-corrected chi connectivity index (χ3v) is 1.72. The quantitative estimate of drug-likeness (QED) is 0.551. The van der Waals surface area contributed by atoms with Crippen LogP contribution in [0.4, 0.5) is 0 Å². The molecule has 1 aliphatic rings. The van der Waals surface area contributed by atoms with Gasteiger partial charge in [-0.05, 0) is 26.0 Å². The Kier molecular flexibility index (Phi) is 3.11. The first-order valence-electron chi connectivity index (χ1n) is 3.97. The summed E-state index contributed by atoms with van der Waals surface area (Å²) in [6.07, 6.45) is 4.35. The molecule has 0 unspecified atom stereocenters. The van der Waals surface area contributed by atoms with E-state index in [0.717, 1.165) is 19.5 Å². The topological polar surface area (TPSA) is 41.1 Å². The maximum atomic E-state index is 11.0. The van der Waals surface area contributed by atoms with Crippen molar-refractivity contribution in [1.82, 2.24) is 10.6 Å². The van der Waals surface area contributed by atoms with Gasteiger partial charge in [-0.15, -0.1) is 0 Å². The first kappa shape index (κ1) is 8.27. The van der Waals surface area contributed by atoms with Gasteiger partial charge in [-0.2, -0.15) is 0 Å². The minimum absolute atomic E-state index is 0.0150. The van der Waals surface area contributed by atoms with Crippen molar-refractivity contribution in [3.8, 4) is 0 Å². The number of nitrogens with one attached hydrogen (secondary N) is 2. The third-order valence-electron chi connectivity index (χ3n) is 1.72. The molecule has 1 fully saturated rings. The fourth-order valence-electron chi connectivity index (χ4n) is 1.18. The van der Waals surface area contributed by atoms with Gasteiger partial charge in [0.1, 0.15) is 0 Å². The van der Waals surface area contributed by atoms with E-state index < -0.39 is 0 Å². The lowest BCUT2D eigenvalue weighted by Crippen LogP contribution is -2.34. The Balaban J connectivity index is 2.23. The minimum Gasteiger partial charge on any atom is -0.349 e. The Hall–Kier alpha value is -0.830. The smallest absolute Gasteiger partial charge is 0.243 e. The zero-order valence-electron chi connectivity index (χ0n) is 6.76. The van der Waals surface area contributed by atoms with Crippen LogP contribution in [0.15, 0.2) is 12.2 Å². The number of rotatable bonds is 2. The monoisotopic (exact) mass is 154 g/mol. The molecule has 1 atom stereocenters. The summed E-state index contributed by atoms with van der Waals surface area (Å²) in [6.45, 7) is 3.76. The van der Waals surface area contributed by atoms with E-state index in [1.54, 1.807) is 12.2 Å². The van der Waals surface area contributed by atoms with E-state index in [9.17, 15) is 4.79 Å². The van der Waals surface area contributed by atoms with Gasteiger partial charge >= 0.3 is 0 Å². The molecule has 1 amide bonds. The average Bonchev–Trinajstić information content (AvgIpc) is 2.40. The van der Waals surface area contributed by atoms with Crippen molar-refractivity contribution < 1.29 is 4.79 Å². The molecule has 0 bridgehead atoms. The second-order valence-corrected chi connectivity index (χ2v) is 2.70. The van der Waals surface area contributed by atoms with E-state index in [1.165, 1.54) is 0 Å². The SMILES string of the molecule is CC=CC(=O)N[C@H]1CCNC1. The number of amides is 1. The van der Waals surface area contributed by atoms with Crippen molar-refractivity contribution in [3.63, 3.8) is 0 Å². The maximum absolute atomic E-state index is 11.0. The van der Waals surface area contributed by atoms with Crippen LogP contribution >= 0.6 is 0 Å². The van der Waals surface area contributed by atoms with Crippen molar-refractivity contribution >= 4 is 5.91 Å². The predicted molar refractivity (Wildman–Crippen MR) is 44.2 cm³/mol. The van der Waals surface area contributed by atoms with Gasteiger partial charge in [-0.25, -0.2) is 0 Å². The van der Waals surface area contributed by atoms with Gasteiger partial charge in [-0.1, -0.05) is 6.08 Å². The molecule has 0 aromatic carbocycles. The molecule has 62 valence electrons. The summed E-state index contributed by atoms with van der Waals surface area (Å²) < 4.78 is 0. The van der Waals surface area contributed by atoms with Gasteiger partial charge in [0.25, 0.3) is 0 Å². The van der Waals surface area contributed by atoms with E-state index in [4.69, 9.17) is 0 Å². The third kappa shape index (κ3) is 2.72. The Morgan fingerprint density at radius 2 is 2.55 bits per heavy atom. The van der Waals surface area contributed by atoms with Gasteiger partial charge < -0.3 is 10.6 Å². The predicted octanol–water partition coefficient (Wildman–Crippen LogP) is 0.0406. The van der Waals surface area contributed by atoms with Crippen LogP contribution in [-0.4, -0.2) is 25.0 Å². The van der Waals surface area contributed by atoms with Gasteiger partial charge in [0.2, 0.25) is 5.91 Å². The van der Waals surface area contributed by atoms with Crippen LogP contribution in [0.1, 0.15) is 13.3 Å². The second kappa shape index (κ2) is 4.13. The second-order valence-electron chi connectivity index (χ2n) is 2.70. The summed E-state index contributed by atoms with van der Waals surface area (Å²) in [7, 11) is 0. The Bertz CT molecular complexity index is 159. The van der Waals surface area contributed by atoms with Crippen LogP contribution in [0.3, 0.4) is 0 Å². The number of hydrogen-bond donors (Lipinski definition) is 2. The first-order valence-corrected chi connectivity index (χ1v) is 3.97. The molecule has 2 N–H and O–H groups in total. The Morgan fingerprint density at radius 3 is 3.09 bits per heavy atom. The highest BCUT2D eigenvalue weighted by Crippen LogP contribution is 1.96. The fourth-order valence-corrected chi connectivity index (χ4v) is 1.18. The average molecular weight is 154 g/mol. The van der Waals surface area contributed by atoms with Crippen molar-refractivity contribution in [2.24, 2.45) is 0 Å². The van der Waals surface area contributed by atoms with Crippen LogP contribution in [0.2, 0.25) is 0 Å². The molecule has 1 saturated heterocycles. The zero-order valence-corrected chi connectivity index (χ0v) is 6.76. The largest absolute Gasteiger partial charge is 0.349 e. The zero-order chi connectivity index (χ0) is 8.10. The fraction of sp³-hybridized carbons (Fsp3) is 0.625. The summed E-state index contributed by atoms with van der Waals surface area (Å²) in [4.78, 5) is 11.0. The highest BCUT2D eigenvalue weighted by Gasteiger charge is 2.14. The Morgan fingerprint density at radius 1 is 1.73 bits per heavy atom. The van der Waals surface area contributed by atoms with Crippen molar-refractivity contribution in [2.45, 2.75) is 19.4 Å². The molecule has 3 heteroatoms. The van der Waals surface area contributed by atoms with Crippen molar-refractivity contribution in [3.05, 3.63) is 12.2 Å². The van der Waals surface area contributed by atoms with E-state index >= 15 is 0 Å². The molecular weight excluding hydrogens is 140 g/mol. The van der Waals surface area contributed by atoms with Gasteiger partial charge in [-0.3, -0.25) is 4.79 Å². The molecule has 0 aromatic heterocycles. The van der Waals surface area contributed by atoms with E-state index in [0.29, 0.717) is 6.04 Å². The van der Waals surface area contributed by atoms with E-state index in [2.05, 4.69) is 10.6 Å². The molecule has 1 heterocycles. The van der Waals surface area contributed by atoms with Crippen LogP contribution in [0.5, 0.6) is 0 Å². The summed E-state index contributed by atoms with van der Waals surface area (Å²) in [5, 5.41) is 6.07. The Labute approximate surface area is 66.9 Å². The lowest BCUT2D eigenvalue weighted by Gasteiger charge is -2.07. The lowest BCUT2D eigenvalue weighted by molar-refractivity contribution is -0.117. The van der Waals surface area contributed by atoms with E-state index in [1.807, 2.05) is 6.92 Å². The molecule has 0 saturated carbocycles. The molecule has 11 heavy (non-hydrogen) atoms. The highest BCUT2D eigenvalue weighted by molar-refractivity contribution is 5.87. The summed E-state index contributed by atoms with van der Waals surface area (Å²) in [6, 6.07) is 0.332. The summed E-state index contributed by atoms with van der Waals surface area (Å²) >= 11 is 0. The minimum atomic E-state index is 0.0150. The van der Waals surface area contributed by atoms with Crippen molar-refractivity contribution in [2.75, 3.05) is 13.1 Å². The molecule has 1 aliphatic heterocycles. The first-order chi connectivity index (χ1) is 5.33. The molecule has 0 radical (unpaired) electrons. The van der Waals surface area contributed by atoms with Crippen LogP contribution in [-0.2, 0) is 4.79 Å². The standard InChI is InChI=1S/C8H14N2O/c1-2-3-8(11)10-7-4-5-9-6-7/h2-3,7,9H,4-6H2,1H3,(H,10,11)/t7-/m0/s1. The number of carbonyl (C=O) groups excluding carboxylic acids is 1. The van der Waals surface area contributed by atoms with Gasteiger partial charge in [0.15, 0.2) is 0 Å². The highest BCUT2D eigenvalue weighted by atomic mass is 16.1. The number of carbonyl (C=O) groups is 1. The molecule has 0 aliphatic carbocycles. The van der Waals surface area contributed by atoms with Gasteiger partial charge in [0.05, 0.1) is 0 Å². The van der Waals surface area contributed by atoms with Crippen LogP contribution in [0, 0.1) is 0 Å². The van der Waals surface area contributed by atoms with E-state index in [-0.39, 0.29) is 5.91 Å². The van der Waals surface area contributed by atoms with Crippen LogP contribution < -0.4 is 10.6 Å². The summed E-state index contributed by atoms with van der Waals surface area (Å²) in [5.41, 5.74) is 0. The lowest BCUT2D eigenvalue weighted by atomic mass is 10.2. The number of hydrogen-bond acceptors (Lipinski definition) is 2. The normalized spacial score (nSPS) is 24.3. The van der Waals surface area contributed by atoms with Crippen molar-refractivity contribution in [1.29, 1.82) is 0 Å². The molecular formula is C8H14N2O. The number of allylic oxidation sites excluding steroid dienone is 1. The molecule has 0 spiro atoms. The molecule has 0 aromatic rings. The maximum Gasteiger partial charge on any atom is 0.243 e. The molecule has 1 rings (SSSR count). The molecule has 3 nitrogen and oxygen atoms in total. The van der Waals surface area contributed by atoms with Gasteiger partial charge in [0, 0.05) is 12.6 Å². The summed E-state index contributed by atoms with van der Waals surface area (Å²) in [5.74, 6) is 0.0150.